The third-order valence-corrected chi connectivity index (χ3v) is 6.98. The van der Waals surface area contributed by atoms with E-state index in [1.807, 2.05) is 37.3 Å². The second kappa shape index (κ2) is 13.0. The van der Waals surface area contributed by atoms with Gasteiger partial charge in [-0.25, -0.2) is 12.8 Å². The molecule has 9 heteroatoms. The molecule has 0 spiro atoms. The van der Waals surface area contributed by atoms with E-state index in [-0.39, 0.29) is 24.4 Å². The van der Waals surface area contributed by atoms with E-state index in [2.05, 4.69) is 5.32 Å². The van der Waals surface area contributed by atoms with Crippen molar-refractivity contribution in [3.05, 3.63) is 102 Å². The fraction of sp³-hybridized carbons (Fsp3) is 0.286. The summed E-state index contributed by atoms with van der Waals surface area (Å²) in [7, 11) is -3.84. The normalized spacial score (nSPS) is 12.0. The van der Waals surface area contributed by atoms with Gasteiger partial charge in [0.25, 0.3) is 0 Å². The van der Waals surface area contributed by atoms with Gasteiger partial charge in [-0.3, -0.25) is 13.9 Å². The summed E-state index contributed by atoms with van der Waals surface area (Å²) in [5.41, 5.74) is 1.36. The Bertz CT molecular complexity index is 1290. The highest BCUT2D eigenvalue weighted by atomic mass is 32.2. The minimum absolute atomic E-state index is 0.181. The van der Waals surface area contributed by atoms with E-state index < -0.39 is 34.3 Å². The van der Waals surface area contributed by atoms with Crippen LogP contribution in [0, 0.1) is 5.82 Å². The Labute approximate surface area is 218 Å². The number of benzene rings is 3. The fourth-order valence-corrected chi connectivity index (χ4v) is 4.79. The molecule has 7 nitrogen and oxygen atoms in total. The molecule has 2 amide bonds. The highest BCUT2D eigenvalue weighted by Gasteiger charge is 2.33. The van der Waals surface area contributed by atoms with E-state index in [0.29, 0.717) is 18.7 Å². The van der Waals surface area contributed by atoms with E-state index in [1.165, 1.54) is 11.0 Å². The number of sulfonamides is 1. The van der Waals surface area contributed by atoms with Crippen molar-refractivity contribution in [1.82, 2.24) is 10.2 Å². The van der Waals surface area contributed by atoms with Gasteiger partial charge in [-0.2, -0.15) is 0 Å². The minimum atomic E-state index is -3.84. The van der Waals surface area contributed by atoms with Crippen molar-refractivity contribution in [2.24, 2.45) is 0 Å². The molecule has 0 aromatic heterocycles. The van der Waals surface area contributed by atoms with Crippen molar-refractivity contribution in [3.8, 4) is 0 Å². The van der Waals surface area contributed by atoms with Crippen LogP contribution in [0.3, 0.4) is 0 Å². The second-order valence-corrected chi connectivity index (χ2v) is 10.6. The van der Waals surface area contributed by atoms with Gasteiger partial charge in [-0.15, -0.1) is 0 Å². The van der Waals surface area contributed by atoms with Crippen molar-refractivity contribution in [2.75, 3.05) is 23.7 Å². The third kappa shape index (κ3) is 7.88. The van der Waals surface area contributed by atoms with Crippen LogP contribution in [0.25, 0.3) is 0 Å². The molecular formula is C28H32FN3O4S. The summed E-state index contributed by atoms with van der Waals surface area (Å²) in [6.45, 7) is 1.59. The molecule has 0 bridgehead atoms. The standard InChI is InChI=1S/C28H32FN3O4S/c1-3-18-30-28(34)26(19-22-12-6-4-7-13-22)31(20-23-14-10-11-17-25(23)29)27(33)21-32(37(2,35)36)24-15-8-5-9-16-24/h4-17,26H,3,18-21H2,1-2H3,(H,30,34). The molecule has 3 aromatic carbocycles. The summed E-state index contributed by atoms with van der Waals surface area (Å²) in [6.07, 6.45) is 1.89. The first-order valence-electron chi connectivity index (χ1n) is 12.1. The second-order valence-electron chi connectivity index (χ2n) is 8.71. The number of amides is 2. The monoisotopic (exact) mass is 525 g/mol. The Morgan fingerprint density at radius 2 is 1.51 bits per heavy atom. The molecule has 0 fully saturated rings. The highest BCUT2D eigenvalue weighted by Crippen LogP contribution is 2.20. The van der Waals surface area contributed by atoms with E-state index in [4.69, 9.17) is 0 Å². The van der Waals surface area contributed by atoms with E-state index in [1.54, 1.807) is 48.5 Å². The van der Waals surface area contributed by atoms with Crippen LogP contribution in [0.4, 0.5) is 10.1 Å². The molecule has 0 saturated heterocycles. The lowest BCUT2D eigenvalue weighted by atomic mass is 10.0. The van der Waals surface area contributed by atoms with Crippen LogP contribution in [0.1, 0.15) is 24.5 Å². The van der Waals surface area contributed by atoms with Crippen LogP contribution in [0.15, 0.2) is 84.9 Å². The lowest BCUT2D eigenvalue weighted by Crippen LogP contribution is -2.53. The summed E-state index contributed by atoms with van der Waals surface area (Å²) >= 11 is 0. The molecule has 3 aromatic rings. The molecule has 0 aliphatic carbocycles. The SMILES string of the molecule is CCCNC(=O)C(Cc1ccccc1)N(Cc1ccccc1F)C(=O)CN(c1ccccc1)S(C)(=O)=O. The first kappa shape index (κ1) is 27.9. The average molecular weight is 526 g/mol. The van der Waals surface area contributed by atoms with Crippen LogP contribution < -0.4 is 9.62 Å². The van der Waals surface area contributed by atoms with Crippen LogP contribution in [0.5, 0.6) is 0 Å². The smallest absolute Gasteiger partial charge is 0.244 e. The minimum Gasteiger partial charge on any atom is -0.354 e. The van der Waals surface area contributed by atoms with E-state index in [9.17, 15) is 22.4 Å². The molecule has 37 heavy (non-hydrogen) atoms. The number of halogens is 1. The number of para-hydroxylation sites is 1. The fourth-order valence-electron chi connectivity index (χ4n) is 3.94. The average Bonchev–Trinajstić information content (AvgIpc) is 2.89. The Hall–Kier alpha value is -3.72. The predicted molar refractivity (Wildman–Crippen MR) is 143 cm³/mol. The summed E-state index contributed by atoms with van der Waals surface area (Å²) in [4.78, 5) is 28.4. The molecule has 1 atom stereocenters. The van der Waals surface area contributed by atoms with Gasteiger partial charge in [0.15, 0.2) is 0 Å². The number of carbonyl (C=O) groups excluding carboxylic acids is 2. The number of hydrogen-bond acceptors (Lipinski definition) is 4. The molecule has 0 saturated carbocycles. The Kier molecular flexibility index (Phi) is 9.79. The predicted octanol–water partition coefficient (Wildman–Crippen LogP) is 3.76. The quantitative estimate of drug-likeness (QED) is 0.390. The summed E-state index contributed by atoms with van der Waals surface area (Å²) < 4.78 is 41.0. The maximum Gasteiger partial charge on any atom is 0.244 e. The van der Waals surface area contributed by atoms with Gasteiger partial charge in [0, 0.05) is 25.1 Å². The molecule has 3 rings (SSSR count). The molecular weight excluding hydrogens is 493 g/mol. The van der Waals surface area contributed by atoms with Crippen molar-refractivity contribution < 1.29 is 22.4 Å². The molecule has 0 radical (unpaired) electrons. The van der Waals surface area contributed by atoms with Crippen LogP contribution in [0.2, 0.25) is 0 Å². The third-order valence-electron chi connectivity index (χ3n) is 5.84. The molecule has 0 aliphatic rings. The first-order chi connectivity index (χ1) is 17.7. The van der Waals surface area contributed by atoms with Gasteiger partial charge in [0.05, 0.1) is 11.9 Å². The summed E-state index contributed by atoms with van der Waals surface area (Å²) in [6, 6.07) is 22.5. The Morgan fingerprint density at radius 3 is 2.11 bits per heavy atom. The van der Waals surface area contributed by atoms with Gasteiger partial charge < -0.3 is 10.2 Å². The Balaban J connectivity index is 2.03. The lowest BCUT2D eigenvalue weighted by molar-refractivity contribution is -0.140. The summed E-state index contributed by atoms with van der Waals surface area (Å²) in [5.74, 6) is -1.53. The number of hydrogen-bond donors (Lipinski definition) is 1. The Morgan fingerprint density at radius 1 is 0.919 bits per heavy atom. The maximum absolute atomic E-state index is 14.7. The van der Waals surface area contributed by atoms with Crippen LogP contribution in [-0.2, 0) is 32.6 Å². The lowest BCUT2D eigenvalue weighted by Gasteiger charge is -2.33. The van der Waals surface area contributed by atoms with Gasteiger partial charge in [0.1, 0.15) is 18.4 Å². The first-order valence-corrected chi connectivity index (χ1v) is 13.9. The van der Waals surface area contributed by atoms with Crippen molar-refractivity contribution in [2.45, 2.75) is 32.4 Å². The van der Waals surface area contributed by atoms with Crippen molar-refractivity contribution in [3.63, 3.8) is 0 Å². The van der Waals surface area contributed by atoms with Crippen molar-refractivity contribution >= 4 is 27.5 Å². The zero-order chi connectivity index (χ0) is 26.8. The molecule has 196 valence electrons. The summed E-state index contributed by atoms with van der Waals surface area (Å²) in [5, 5.41) is 2.85. The van der Waals surface area contributed by atoms with Gasteiger partial charge in [0.2, 0.25) is 21.8 Å². The number of nitrogens with zero attached hydrogens (tertiary/aromatic N) is 2. The van der Waals surface area contributed by atoms with Gasteiger partial charge in [-0.05, 0) is 30.2 Å². The van der Waals surface area contributed by atoms with Crippen molar-refractivity contribution in [1.29, 1.82) is 0 Å². The topological polar surface area (TPSA) is 86.8 Å². The highest BCUT2D eigenvalue weighted by molar-refractivity contribution is 7.92. The van der Waals surface area contributed by atoms with Gasteiger partial charge >= 0.3 is 0 Å². The van der Waals surface area contributed by atoms with Crippen LogP contribution >= 0.6 is 0 Å². The van der Waals surface area contributed by atoms with E-state index in [0.717, 1.165) is 16.1 Å². The largest absolute Gasteiger partial charge is 0.354 e. The number of anilines is 1. The molecule has 0 heterocycles. The molecule has 1 unspecified atom stereocenters. The van der Waals surface area contributed by atoms with E-state index >= 15 is 0 Å². The number of carbonyl (C=O) groups is 2. The zero-order valence-corrected chi connectivity index (χ0v) is 21.8. The maximum atomic E-state index is 14.7. The molecule has 1 N–H and O–H groups in total. The number of nitrogens with one attached hydrogen (secondary N) is 1. The zero-order valence-electron chi connectivity index (χ0n) is 21.0. The molecule has 0 aliphatic heterocycles. The van der Waals surface area contributed by atoms with Crippen LogP contribution in [-0.4, -0.2) is 50.5 Å². The van der Waals surface area contributed by atoms with Gasteiger partial charge in [-0.1, -0.05) is 73.7 Å². The number of rotatable bonds is 12.